The normalized spacial score (nSPS) is 15.3. The molecule has 6 nitrogen and oxygen atoms in total. The van der Waals surface area contributed by atoms with Crippen LogP contribution in [0.15, 0.2) is 30.3 Å². The molecule has 0 aromatic heterocycles. The quantitative estimate of drug-likeness (QED) is 0.555. The molecule has 6 heteroatoms. The second kappa shape index (κ2) is 6.86. The minimum Gasteiger partial charge on any atom is -0.480 e. The number of carboxylic acids is 1. The van der Waals surface area contributed by atoms with Crippen molar-refractivity contribution in [1.82, 2.24) is 5.32 Å². The highest BCUT2D eigenvalue weighted by Crippen LogP contribution is 2.04. The summed E-state index contributed by atoms with van der Waals surface area (Å²) in [5, 5.41) is 20.6. The minimum atomic E-state index is -1.14. The van der Waals surface area contributed by atoms with Crippen molar-refractivity contribution in [2.24, 2.45) is 5.73 Å². The molecule has 1 amide bonds. The van der Waals surface area contributed by atoms with Crippen molar-refractivity contribution in [3.05, 3.63) is 35.9 Å². The van der Waals surface area contributed by atoms with Crippen LogP contribution >= 0.6 is 0 Å². The maximum absolute atomic E-state index is 11.6. The number of carbonyl (C=O) groups excluding carboxylic acids is 1. The summed E-state index contributed by atoms with van der Waals surface area (Å²) in [7, 11) is 0. The first-order chi connectivity index (χ1) is 8.91. The van der Waals surface area contributed by atoms with Crippen LogP contribution in [0.5, 0.6) is 0 Å². The monoisotopic (exact) mass is 266 g/mol. The van der Waals surface area contributed by atoms with Gasteiger partial charge < -0.3 is 21.3 Å². The van der Waals surface area contributed by atoms with Crippen LogP contribution in [0.4, 0.5) is 0 Å². The first-order valence-electron chi connectivity index (χ1n) is 5.92. The van der Waals surface area contributed by atoms with E-state index in [4.69, 9.17) is 10.8 Å². The van der Waals surface area contributed by atoms with Crippen LogP contribution in [0.2, 0.25) is 0 Å². The Kier molecular flexibility index (Phi) is 5.47. The number of hydrogen-bond donors (Lipinski definition) is 4. The number of nitrogens with two attached hydrogens (primary N) is 1. The molecular formula is C13H18N2O4. The third kappa shape index (κ3) is 4.69. The molecule has 0 aliphatic carbocycles. The SMILES string of the molecule is CC(O)[C@H](N)C(=O)N[C@@H](Cc1ccccc1)C(=O)O. The Labute approximate surface area is 111 Å². The molecule has 0 saturated carbocycles. The molecule has 0 aliphatic rings. The molecule has 0 heterocycles. The first kappa shape index (κ1) is 15.1. The Morgan fingerprint density at radius 2 is 1.89 bits per heavy atom. The highest BCUT2D eigenvalue weighted by Gasteiger charge is 2.25. The summed E-state index contributed by atoms with van der Waals surface area (Å²) in [5.41, 5.74) is 6.24. The van der Waals surface area contributed by atoms with Crippen molar-refractivity contribution < 1.29 is 19.8 Å². The van der Waals surface area contributed by atoms with Gasteiger partial charge in [-0.15, -0.1) is 0 Å². The van der Waals surface area contributed by atoms with Gasteiger partial charge in [-0.25, -0.2) is 4.79 Å². The molecule has 0 fully saturated rings. The van der Waals surface area contributed by atoms with E-state index < -0.39 is 30.1 Å². The Hall–Kier alpha value is -1.92. The van der Waals surface area contributed by atoms with Gasteiger partial charge in [0, 0.05) is 6.42 Å². The number of carboxylic acid groups (broad SMARTS) is 1. The topological polar surface area (TPSA) is 113 Å². The van der Waals surface area contributed by atoms with Crippen LogP contribution in [0.3, 0.4) is 0 Å². The van der Waals surface area contributed by atoms with Gasteiger partial charge >= 0.3 is 5.97 Å². The second-order valence-electron chi connectivity index (χ2n) is 4.36. The van der Waals surface area contributed by atoms with Gasteiger partial charge in [0.05, 0.1) is 6.10 Å². The van der Waals surface area contributed by atoms with Crippen LogP contribution in [-0.2, 0) is 16.0 Å². The van der Waals surface area contributed by atoms with Crippen molar-refractivity contribution in [3.8, 4) is 0 Å². The lowest BCUT2D eigenvalue weighted by Gasteiger charge is -2.19. The molecule has 1 rings (SSSR count). The van der Waals surface area contributed by atoms with Crippen molar-refractivity contribution in [2.45, 2.75) is 31.5 Å². The van der Waals surface area contributed by atoms with Crippen LogP contribution in [0, 0.1) is 0 Å². The molecule has 104 valence electrons. The Morgan fingerprint density at radius 3 is 2.37 bits per heavy atom. The average molecular weight is 266 g/mol. The van der Waals surface area contributed by atoms with Gasteiger partial charge in [-0.2, -0.15) is 0 Å². The molecular weight excluding hydrogens is 248 g/mol. The standard InChI is InChI=1S/C13H18N2O4/c1-8(16)11(14)12(17)15-10(13(18)19)7-9-5-3-2-4-6-9/h2-6,8,10-11,16H,7,14H2,1H3,(H,15,17)(H,18,19)/t8?,10-,11-/m0/s1. The summed E-state index contributed by atoms with van der Waals surface area (Å²) < 4.78 is 0. The highest BCUT2D eigenvalue weighted by molar-refractivity contribution is 5.87. The molecule has 1 unspecified atom stereocenters. The van der Waals surface area contributed by atoms with E-state index in [0.29, 0.717) is 0 Å². The number of aliphatic hydroxyl groups excluding tert-OH is 1. The summed E-state index contributed by atoms with van der Waals surface area (Å²) in [5.74, 6) is -1.83. The number of amides is 1. The van der Waals surface area contributed by atoms with Crippen LogP contribution in [-0.4, -0.2) is 40.3 Å². The predicted molar refractivity (Wildman–Crippen MR) is 69.4 cm³/mol. The maximum Gasteiger partial charge on any atom is 0.326 e. The summed E-state index contributed by atoms with van der Waals surface area (Å²) in [4.78, 5) is 22.7. The van der Waals surface area contributed by atoms with E-state index in [2.05, 4.69) is 5.32 Å². The van der Waals surface area contributed by atoms with Gasteiger partial charge in [-0.3, -0.25) is 4.79 Å². The number of benzene rings is 1. The Balaban J connectivity index is 2.69. The fraction of sp³-hybridized carbons (Fsp3) is 0.385. The molecule has 0 radical (unpaired) electrons. The maximum atomic E-state index is 11.6. The number of aliphatic carboxylic acids is 1. The lowest BCUT2D eigenvalue weighted by molar-refractivity contribution is -0.142. The van der Waals surface area contributed by atoms with Gasteiger partial charge in [0.15, 0.2) is 0 Å². The van der Waals surface area contributed by atoms with E-state index >= 15 is 0 Å². The van der Waals surface area contributed by atoms with Crippen molar-refractivity contribution in [1.29, 1.82) is 0 Å². The highest BCUT2D eigenvalue weighted by atomic mass is 16.4. The largest absolute Gasteiger partial charge is 0.480 e. The lowest BCUT2D eigenvalue weighted by Crippen LogP contribution is -2.52. The van der Waals surface area contributed by atoms with Gasteiger partial charge in [0.25, 0.3) is 0 Å². The van der Waals surface area contributed by atoms with E-state index in [1.165, 1.54) is 6.92 Å². The van der Waals surface area contributed by atoms with Gasteiger partial charge in [0.2, 0.25) is 5.91 Å². The van der Waals surface area contributed by atoms with Gasteiger partial charge in [-0.05, 0) is 12.5 Å². The molecule has 1 aromatic rings. The predicted octanol–water partition coefficient (Wildman–Crippen LogP) is -0.493. The number of rotatable bonds is 6. The summed E-state index contributed by atoms with van der Waals surface area (Å²) in [6.07, 6.45) is -0.875. The van der Waals surface area contributed by atoms with E-state index in [9.17, 15) is 14.7 Å². The molecule has 3 atom stereocenters. The molecule has 5 N–H and O–H groups in total. The summed E-state index contributed by atoms with van der Waals surface area (Å²) in [6, 6.07) is 6.74. The average Bonchev–Trinajstić information content (AvgIpc) is 2.37. The van der Waals surface area contributed by atoms with E-state index in [1.807, 2.05) is 6.07 Å². The zero-order valence-electron chi connectivity index (χ0n) is 10.6. The van der Waals surface area contributed by atoms with Gasteiger partial charge in [-0.1, -0.05) is 30.3 Å². The van der Waals surface area contributed by atoms with Crippen molar-refractivity contribution in [2.75, 3.05) is 0 Å². The summed E-state index contributed by atoms with van der Waals surface area (Å²) in [6.45, 7) is 1.37. The number of carbonyl (C=O) groups is 2. The lowest BCUT2D eigenvalue weighted by atomic mass is 10.1. The number of nitrogens with one attached hydrogen (secondary N) is 1. The van der Waals surface area contributed by atoms with Gasteiger partial charge in [0.1, 0.15) is 12.1 Å². The first-order valence-corrected chi connectivity index (χ1v) is 5.92. The van der Waals surface area contributed by atoms with Crippen LogP contribution in [0.1, 0.15) is 12.5 Å². The third-order valence-electron chi connectivity index (χ3n) is 2.72. The van der Waals surface area contributed by atoms with E-state index in [-0.39, 0.29) is 6.42 Å². The van der Waals surface area contributed by atoms with E-state index in [0.717, 1.165) is 5.56 Å². The zero-order chi connectivity index (χ0) is 14.4. The minimum absolute atomic E-state index is 0.161. The fourth-order valence-corrected chi connectivity index (χ4v) is 1.54. The fourth-order valence-electron chi connectivity index (χ4n) is 1.54. The molecule has 0 aliphatic heterocycles. The number of aliphatic hydroxyl groups is 1. The summed E-state index contributed by atoms with van der Waals surface area (Å²) >= 11 is 0. The molecule has 19 heavy (non-hydrogen) atoms. The molecule has 0 spiro atoms. The molecule has 0 bridgehead atoms. The van der Waals surface area contributed by atoms with Crippen LogP contribution < -0.4 is 11.1 Å². The Bertz CT molecular complexity index is 434. The van der Waals surface area contributed by atoms with Crippen molar-refractivity contribution >= 4 is 11.9 Å². The smallest absolute Gasteiger partial charge is 0.326 e. The Morgan fingerprint density at radius 1 is 1.32 bits per heavy atom. The zero-order valence-corrected chi connectivity index (χ0v) is 10.6. The van der Waals surface area contributed by atoms with Crippen molar-refractivity contribution in [3.63, 3.8) is 0 Å². The second-order valence-corrected chi connectivity index (χ2v) is 4.36. The number of hydrogen-bond acceptors (Lipinski definition) is 4. The van der Waals surface area contributed by atoms with Crippen LogP contribution in [0.25, 0.3) is 0 Å². The third-order valence-corrected chi connectivity index (χ3v) is 2.72. The molecule has 0 saturated heterocycles. The van der Waals surface area contributed by atoms with E-state index in [1.54, 1.807) is 24.3 Å². The molecule has 1 aromatic carbocycles.